The van der Waals surface area contributed by atoms with Crippen molar-refractivity contribution in [1.29, 1.82) is 0 Å². The Morgan fingerprint density at radius 3 is 2.47 bits per heavy atom. The monoisotopic (exact) mass is 459 g/mol. The molecular formula is C20H23N6O5S+. The molecule has 0 bridgehead atoms. The molecule has 0 saturated carbocycles. The largest absolute Gasteiger partial charge is 0.493 e. The number of hydrogen-bond acceptors (Lipinski definition) is 8. The van der Waals surface area contributed by atoms with Gasteiger partial charge in [-0.05, 0) is 38.1 Å². The van der Waals surface area contributed by atoms with Gasteiger partial charge >= 0.3 is 5.56 Å². The van der Waals surface area contributed by atoms with Gasteiger partial charge in [0, 0.05) is 24.4 Å². The van der Waals surface area contributed by atoms with Crippen LogP contribution < -0.4 is 21.6 Å². The molecule has 0 radical (unpaired) electrons. The SMILES string of the molecule is Cc1c(/N=N/c2cc(N)ccc2S(=O)(=O)O)c(O)n(CCCN)c(=O)c1-[n+]1ccccc1. The highest BCUT2D eigenvalue weighted by Crippen LogP contribution is 2.34. The average molecular weight is 460 g/mol. The molecule has 2 aromatic heterocycles. The van der Waals surface area contributed by atoms with Crippen molar-refractivity contribution in [2.24, 2.45) is 16.0 Å². The van der Waals surface area contributed by atoms with E-state index in [0.29, 0.717) is 18.5 Å². The third-order valence-corrected chi connectivity index (χ3v) is 5.60. The lowest BCUT2D eigenvalue weighted by molar-refractivity contribution is -0.597. The highest BCUT2D eigenvalue weighted by molar-refractivity contribution is 7.86. The van der Waals surface area contributed by atoms with Crippen molar-refractivity contribution in [3.63, 3.8) is 0 Å². The third-order valence-electron chi connectivity index (χ3n) is 4.70. The van der Waals surface area contributed by atoms with Crippen molar-refractivity contribution in [1.82, 2.24) is 4.57 Å². The number of anilines is 1. The van der Waals surface area contributed by atoms with Crippen LogP contribution in [0.25, 0.3) is 5.69 Å². The topological polar surface area (TPSA) is 177 Å². The zero-order valence-electron chi connectivity index (χ0n) is 17.2. The summed E-state index contributed by atoms with van der Waals surface area (Å²) in [5.74, 6) is -0.442. The van der Waals surface area contributed by atoms with Gasteiger partial charge in [-0.3, -0.25) is 13.9 Å². The molecule has 1 aromatic carbocycles. The van der Waals surface area contributed by atoms with Gasteiger partial charge in [0.1, 0.15) is 10.6 Å². The molecule has 3 aromatic rings. The fourth-order valence-corrected chi connectivity index (χ4v) is 3.76. The van der Waals surface area contributed by atoms with Crippen molar-refractivity contribution >= 4 is 27.2 Å². The molecule has 12 heteroatoms. The van der Waals surface area contributed by atoms with Crippen LogP contribution in [-0.4, -0.2) is 29.2 Å². The number of nitrogen functional groups attached to an aromatic ring is 1. The van der Waals surface area contributed by atoms with Crippen molar-refractivity contribution in [3.05, 3.63) is 64.7 Å². The van der Waals surface area contributed by atoms with Gasteiger partial charge in [0.05, 0.1) is 5.56 Å². The van der Waals surface area contributed by atoms with Crippen LogP contribution in [0.4, 0.5) is 17.1 Å². The van der Waals surface area contributed by atoms with Crippen LogP contribution in [0, 0.1) is 6.92 Å². The minimum absolute atomic E-state index is 0.0447. The predicted octanol–water partition coefficient (Wildman–Crippen LogP) is 1.73. The van der Waals surface area contributed by atoms with Crippen LogP contribution in [0.5, 0.6) is 5.88 Å². The van der Waals surface area contributed by atoms with Crippen LogP contribution in [0.2, 0.25) is 0 Å². The number of aromatic hydroxyl groups is 1. The maximum Gasteiger partial charge on any atom is 0.326 e. The maximum absolute atomic E-state index is 13.1. The fraction of sp³-hybridized carbons (Fsp3) is 0.200. The Labute approximate surface area is 184 Å². The first-order chi connectivity index (χ1) is 15.1. The van der Waals surface area contributed by atoms with Gasteiger partial charge < -0.3 is 16.6 Å². The first-order valence-electron chi connectivity index (χ1n) is 9.57. The lowest BCUT2D eigenvalue weighted by Gasteiger charge is -2.13. The molecule has 32 heavy (non-hydrogen) atoms. The Balaban J connectivity index is 2.26. The molecule has 168 valence electrons. The molecule has 6 N–H and O–H groups in total. The molecule has 0 saturated heterocycles. The van der Waals surface area contributed by atoms with Gasteiger partial charge in [-0.1, -0.05) is 6.07 Å². The number of rotatable bonds is 7. The molecule has 0 aliphatic rings. The molecule has 0 aliphatic heterocycles. The van der Waals surface area contributed by atoms with Crippen LogP contribution in [-0.2, 0) is 16.7 Å². The van der Waals surface area contributed by atoms with Crippen molar-refractivity contribution in [2.75, 3.05) is 12.3 Å². The highest BCUT2D eigenvalue weighted by Gasteiger charge is 2.26. The minimum Gasteiger partial charge on any atom is -0.493 e. The lowest BCUT2D eigenvalue weighted by Crippen LogP contribution is -2.40. The first-order valence-corrected chi connectivity index (χ1v) is 11.0. The summed E-state index contributed by atoms with van der Waals surface area (Å²) >= 11 is 0. The van der Waals surface area contributed by atoms with E-state index in [1.165, 1.54) is 12.1 Å². The van der Waals surface area contributed by atoms with E-state index in [0.717, 1.165) is 10.6 Å². The number of azo groups is 1. The van der Waals surface area contributed by atoms with Gasteiger partial charge in [-0.25, -0.2) is 0 Å². The van der Waals surface area contributed by atoms with Crippen molar-refractivity contribution in [3.8, 4) is 11.6 Å². The summed E-state index contributed by atoms with van der Waals surface area (Å²) in [6.07, 6.45) is 3.76. The Kier molecular flexibility index (Phi) is 6.67. The smallest absolute Gasteiger partial charge is 0.326 e. The predicted molar refractivity (Wildman–Crippen MR) is 117 cm³/mol. The number of nitrogens with zero attached hydrogens (tertiary/aromatic N) is 4. The molecule has 0 fully saturated rings. The van der Waals surface area contributed by atoms with Gasteiger partial charge in [-0.15, -0.1) is 10.2 Å². The average Bonchev–Trinajstić information content (AvgIpc) is 2.73. The summed E-state index contributed by atoms with van der Waals surface area (Å²) in [7, 11) is -4.60. The Bertz CT molecular complexity index is 1340. The Morgan fingerprint density at radius 2 is 1.84 bits per heavy atom. The highest BCUT2D eigenvalue weighted by atomic mass is 32.2. The summed E-state index contributed by atoms with van der Waals surface area (Å²) in [4.78, 5) is 12.6. The van der Waals surface area contributed by atoms with Gasteiger partial charge in [0.15, 0.2) is 18.1 Å². The van der Waals surface area contributed by atoms with E-state index >= 15 is 0 Å². The van der Waals surface area contributed by atoms with Gasteiger partial charge in [0.2, 0.25) is 5.88 Å². The number of nitrogens with two attached hydrogens (primary N) is 2. The zero-order chi connectivity index (χ0) is 23.5. The second-order valence-corrected chi connectivity index (χ2v) is 8.32. The molecule has 0 amide bonds. The van der Waals surface area contributed by atoms with E-state index in [1.54, 1.807) is 42.1 Å². The quantitative estimate of drug-likeness (QED) is 0.180. The third kappa shape index (κ3) is 4.66. The van der Waals surface area contributed by atoms with E-state index in [2.05, 4.69) is 10.2 Å². The Morgan fingerprint density at radius 1 is 1.16 bits per heavy atom. The zero-order valence-corrected chi connectivity index (χ0v) is 18.0. The minimum atomic E-state index is -4.60. The number of pyridine rings is 2. The molecule has 0 spiro atoms. The molecule has 3 rings (SSSR count). The molecule has 2 heterocycles. The van der Waals surface area contributed by atoms with Crippen molar-refractivity contribution < 1.29 is 22.6 Å². The van der Waals surface area contributed by atoms with Crippen LogP contribution in [0.1, 0.15) is 12.0 Å². The van der Waals surface area contributed by atoms with E-state index in [9.17, 15) is 22.9 Å². The van der Waals surface area contributed by atoms with Crippen molar-refractivity contribution in [2.45, 2.75) is 24.8 Å². The summed E-state index contributed by atoms with van der Waals surface area (Å²) in [5, 5.41) is 18.7. The molecular weight excluding hydrogens is 436 g/mol. The van der Waals surface area contributed by atoms with Crippen LogP contribution >= 0.6 is 0 Å². The summed E-state index contributed by atoms with van der Waals surface area (Å²) in [5.41, 5.74) is 11.3. The number of hydrogen-bond donors (Lipinski definition) is 4. The number of aromatic nitrogens is 2. The molecule has 0 aliphatic carbocycles. The second-order valence-electron chi connectivity index (χ2n) is 6.93. The fourth-order valence-electron chi connectivity index (χ4n) is 3.16. The lowest BCUT2D eigenvalue weighted by atomic mass is 10.2. The molecule has 0 unspecified atom stereocenters. The van der Waals surface area contributed by atoms with Gasteiger partial charge in [0.25, 0.3) is 15.8 Å². The normalized spacial score (nSPS) is 11.8. The standard InChI is InChI=1S/C20H22N6O5S/c1-13-17(24-23-15-12-14(22)6-7-16(15)32(29,30)31)19(27)26(11-5-8-21)20(28)18(13)25-9-3-2-4-10-25/h2-4,6-7,9-10,12H,5,8,11,21-22H2,1H3,(H-,23,27,28,29,30,31)/p+1. The number of benzene rings is 1. The molecule has 0 atom stereocenters. The Hall–Kier alpha value is -3.61. The maximum atomic E-state index is 13.1. The van der Waals surface area contributed by atoms with E-state index in [-0.39, 0.29) is 29.3 Å². The van der Waals surface area contributed by atoms with E-state index < -0.39 is 26.5 Å². The second kappa shape index (κ2) is 9.26. The van der Waals surface area contributed by atoms with Crippen LogP contribution in [0.3, 0.4) is 0 Å². The summed E-state index contributed by atoms with van der Waals surface area (Å²) in [6, 6.07) is 8.87. The molecule has 11 nitrogen and oxygen atoms in total. The van der Waals surface area contributed by atoms with E-state index in [1.807, 2.05) is 0 Å². The van der Waals surface area contributed by atoms with Gasteiger partial charge in [-0.2, -0.15) is 13.0 Å². The van der Waals surface area contributed by atoms with E-state index in [4.69, 9.17) is 11.5 Å². The van der Waals surface area contributed by atoms with Crippen LogP contribution in [0.15, 0.2) is 68.7 Å². The summed E-state index contributed by atoms with van der Waals surface area (Å²) in [6.45, 7) is 2.02. The summed E-state index contributed by atoms with van der Waals surface area (Å²) < 4.78 is 35.5. The first kappa shape index (κ1) is 23.1.